The lowest BCUT2D eigenvalue weighted by Gasteiger charge is -2.15. The van der Waals surface area contributed by atoms with Crippen molar-refractivity contribution in [2.24, 2.45) is 0 Å². The normalized spacial score (nSPS) is 12.4. The minimum Gasteiger partial charge on any atom is -0.306 e. The molecule has 0 saturated heterocycles. The summed E-state index contributed by atoms with van der Waals surface area (Å²) in [5.74, 6) is -0.183. The zero-order chi connectivity index (χ0) is 13.8. The zero-order valence-corrected chi connectivity index (χ0v) is 13.6. The van der Waals surface area contributed by atoms with Gasteiger partial charge in [0, 0.05) is 27.1 Å². The van der Waals surface area contributed by atoms with Gasteiger partial charge in [-0.3, -0.25) is 0 Å². The maximum absolute atomic E-state index is 13.6. The molecule has 0 fully saturated rings. The van der Waals surface area contributed by atoms with Crippen molar-refractivity contribution in [2.45, 2.75) is 19.5 Å². The monoisotopic (exact) mass is 385 g/mol. The summed E-state index contributed by atoms with van der Waals surface area (Å²) < 4.78 is 15.6. The topological polar surface area (TPSA) is 12.0 Å². The van der Waals surface area contributed by atoms with E-state index in [1.165, 1.54) is 11.6 Å². The van der Waals surface area contributed by atoms with Gasteiger partial charge in [-0.15, -0.1) is 0 Å². The van der Waals surface area contributed by atoms with Gasteiger partial charge in [0.05, 0.1) is 0 Å². The van der Waals surface area contributed by atoms with Gasteiger partial charge >= 0.3 is 0 Å². The Morgan fingerprint density at radius 3 is 2.58 bits per heavy atom. The highest BCUT2D eigenvalue weighted by molar-refractivity contribution is 9.10. The molecule has 2 rings (SSSR count). The van der Waals surface area contributed by atoms with Gasteiger partial charge in [0.25, 0.3) is 0 Å². The molecular weight excluding hydrogens is 373 g/mol. The van der Waals surface area contributed by atoms with E-state index in [-0.39, 0.29) is 11.9 Å². The third-order valence-corrected chi connectivity index (χ3v) is 3.94. The second-order valence-corrected chi connectivity index (χ2v) is 6.22. The Morgan fingerprint density at radius 1 is 1.11 bits per heavy atom. The minimum atomic E-state index is -0.183. The van der Waals surface area contributed by atoms with Crippen LogP contribution in [0.1, 0.15) is 24.1 Å². The van der Waals surface area contributed by atoms with E-state index in [0.29, 0.717) is 12.1 Å². The first-order chi connectivity index (χ1) is 9.06. The van der Waals surface area contributed by atoms with Crippen LogP contribution in [0.5, 0.6) is 0 Å². The van der Waals surface area contributed by atoms with Crippen LogP contribution < -0.4 is 5.32 Å². The molecule has 0 aliphatic rings. The molecule has 0 aromatic heterocycles. The van der Waals surface area contributed by atoms with E-state index < -0.39 is 0 Å². The Hall–Kier alpha value is -0.710. The van der Waals surface area contributed by atoms with Crippen LogP contribution in [0.4, 0.5) is 4.39 Å². The fourth-order valence-electron chi connectivity index (χ4n) is 1.84. The summed E-state index contributed by atoms with van der Waals surface area (Å²) in [4.78, 5) is 0. The first-order valence-corrected chi connectivity index (χ1v) is 7.57. The first-order valence-electron chi connectivity index (χ1n) is 5.99. The van der Waals surface area contributed by atoms with Crippen LogP contribution in [0.3, 0.4) is 0 Å². The quantitative estimate of drug-likeness (QED) is 0.761. The molecule has 0 bridgehead atoms. The summed E-state index contributed by atoms with van der Waals surface area (Å²) in [6, 6.07) is 13.3. The van der Waals surface area contributed by atoms with Crippen LogP contribution in [0.25, 0.3) is 0 Å². The van der Waals surface area contributed by atoms with Crippen LogP contribution >= 0.6 is 31.9 Å². The molecule has 0 aliphatic heterocycles. The maximum Gasteiger partial charge on any atom is 0.127 e. The van der Waals surface area contributed by atoms with Crippen molar-refractivity contribution < 1.29 is 4.39 Å². The number of nitrogens with one attached hydrogen (secondary N) is 1. The lowest BCUT2D eigenvalue weighted by molar-refractivity contribution is 0.544. The van der Waals surface area contributed by atoms with Crippen molar-refractivity contribution in [3.63, 3.8) is 0 Å². The van der Waals surface area contributed by atoms with Crippen LogP contribution in [0.2, 0.25) is 0 Å². The summed E-state index contributed by atoms with van der Waals surface area (Å²) >= 11 is 6.81. The van der Waals surface area contributed by atoms with Crippen LogP contribution in [0.15, 0.2) is 51.4 Å². The third kappa shape index (κ3) is 4.13. The molecule has 0 amide bonds. The molecule has 0 heterocycles. The highest BCUT2D eigenvalue weighted by Gasteiger charge is 2.07. The summed E-state index contributed by atoms with van der Waals surface area (Å²) in [5, 5.41) is 3.33. The fraction of sp³-hybridized carbons (Fsp3) is 0.200. The lowest BCUT2D eigenvalue weighted by atomic mass is 10.1. The summed E-state index contributed by atoms with van der Waals surface area (Å²) in [7, 11) is 0. The standard InChI is InChI=1S/C15H14Br2FN/c1-10(11-3-2-4-13(16)7-11)19-9-12-8-14(17)5-6-15(12)18/h2-8,10,19H,9H2,1H3/t10-/m0/s1. The van der Waals surface area contributed by atoms with E-state index in [0.717, 1.165) is 8.95 Å². The molecule has 0 radical (unpaired) electrons. The first kappa shape index (κ1) is 14.7. The summed E-state index contributed by atoms with van der Waals surface area (Å²) in [6.07, 6.45) is 0. The SMILES string of the molecule is C[C@H](NCc1cc(Br)ccc1F)c1cccc(Br)c1. The average Bonchev–Trinajstić information content (AvgIpc) is 2.39. The molecule has 0 spiro atoms. The molecular formula is C15H14Br2FN. The van der Waals surface area contributed by atoms with Gasteiger partial charge in [0.2, 0.25) is 0 Å². The Bertz CT molecular complexity index is 572. The highest BCUT2D eigenvalue weighted by atomic mass is 79.9. The van der Waals surface area contributed by atoms with Crippen molar-refractivity contribution in [3.05, 3.63) is 68.4 Å². The van der Waals surface area contributed by atoms with Crippen molar-refractivity contribution in [1.29, 1.82) is 0 Å². The fourth-order valence-corrected chi connectivity index (χ4v) is 2.66. The average molecular weight is 387 g/mol. The number of benzene rings is 2. The van der Waals surface area contributed by atoms with Crippen molar-refractivity contribution in [2.75, 3.05) is 0 Å². The van der Waals surface area contributed by atoms with Crippen LogP contribution in [-0.4, -0.2) is 0 Å². The van der Waals surface area contributed by atoms with Crippen molar-refractivity contribution in [3.8, 4) is 0 Å². The Labute approximate surface area is 129 Å². The van der Waals surface area contributed by atoms with E-state index in [1.54, 1.807) is 12.1 Å². The molecule has 0 aliphatic carbocycles. The lowest BCUT2D eigenvalue weighted by Crippen LogP contribution is -2.18. The smallest absolute Gasteiger partial charge is 0.127 e. The third-order valence-electron chi connectivity index (χ3n) is 2.96. The number of hydrogen-bond donors (Lipinski definition) is 1. The molecule has 2 aromatic rings. The van der Waals surface area contributed by atoms with Crippen LogP contribution in [-0.2, 0) is 6.54 Å². The van der Waals surface area contributed by atoms with Crippen LogP contribution in [0, 0.1) is 5.82 Å². The molecule has 2 aromatic carbocycles. The van der Waals surface area contributed by atoms with E-state index in [2.05, 4.69) is 56.2 Å². The maximum atomic E-state index is 13.6. The molecule has 1 N–H and O–H groups in total. The molecule has 0 unspecified atom stereocenters. The summed E-state index contributed by atoms with van der Waals surface area (Å²) in [5.41, 5.74) is 1.83. The van der Waals surface area contributed by atoms with Gasteiger partial charge in [0.1, 0.15) is 5.82 Å². The highest BCUT2D eigenvalue weighted by Crippen LogP contribution is 2.20. The van der Waals surface area contributed by atoms with E-state index >= 15 is 0 Å². The van der Waals surface area contributed by atoms with E-state index in [1.807, 2.05) is 12.1 Å². The van der Waals surface area contributed by atoms with Crippen molar-refractivity contribution >= 4 is 31.9 Å². The van der Waals surface area contributed by atoms with Gasteiger partial charge < -0.3 is 5.32 Å². The molecule has 0 saturated carbocycles. The molecule has 1 nitrogen and oxygen atoms in total. The zero-order valence-electron chi connectivity index (χ0n) is 10.5. The molecule has 100 valence electrons. The Morgan fingerprint density at radius 2 is 1.84 bits per heavy atom. The number of hydrogen-bond acceptors (Lipinski definition) is 1. The molecule has 4 heteroatoms. The van der Waals surface area contributed by atoms with E-state index in [4.69, 9.17) is 0 Å². The number of halogens is 3. The second kappa shape index (κ2) is 6.64. The summed E-state index contributed by atoms with van der Waals surface area (Å²) in [6.45, 7) is 2.57. The predicted octanol–water partition coefficient (Wildman–Crippen LogP) is 5.20. The van der Waals surface area contributed by atoms with Crippen molar-refractivity contribution in [1.82, 2.24) is 5.32 Å². The second-order valence-electron chi connectivity index (χ2n) is 4.39. The Balaban J connectivity index is 2.04. The van der Waals surface area contributed by atoms with Gasteiger partial charge in [0.15, 0.2) is 0 Å². The number of rotatable bonds is 4. The minimum absolute atomic E-state index is 0.163. The van der Waals surface area contributed by atoms with Gasteiger partial charge in [-0.05, 0) is 42.8 Å². The van der Waals surface area contributed by atoms with E-state index in [9.17, 15) is 4.39 Å². The van der Waals surface area contributed by atoms with Gasteiger partial charge in [-0.1, -0.05) is 44.0 Å². The Kier molecular flexibility index (Phi) is 5.13. The van der Waals surface area contributed by atoms with Gasteiger partial charge in [-0.2, -0.15) is 0 Å². The molecule has 19 heavy (non-hydrogen) atoms. The largest absolute Gasteiger partial charge is 0.306 e. The van der Waals surface area contributed by atoms with Gasteiger partial charge in [-0.25, -0.2) is 4.39 Å². The predicted molar refractivity (Wildman–Crippen MR) is 83.5 cm³/mol. The molecule has 1 atom stereocenters.